The van der Waals surface area contributed by atoms with Crippen LogP contribution in [0, 0.1) is 0 Å². The van der Waals surface area contributed by atoms with E-state index in [0.29, 0.717) is 19.6 Å². The predicted octanol–water partition coefficient (Wildman–Crippen LogP) is 0.428. The summed E-state index contributed by atoms with van der Waals surface area (Å²) in [5.41, 5.74) is 5.58. The molecule has 0 saturated heterocycles. The third-order valence-corrected chi connectivity index (χ3v) is 4.86. The molecular formula is C10H20N4O3S. The van der Waals surface area contributed by atoms with Gasteiger partial charge in [0.1, 0.15) is 10.7 Å². The second-order valence-corrected chi connectivity index (χ2v) is 5.87. The van der Waals surface area contributed by atoms with E-state index in [9.17, 15) is 8.42 Å². The molecule has 104 valence electrons. The smallest absolute Gasteiger partial charge is 0.248 e. The van der Waals surface area contributed by atoms with Crippen LogP contribution in [0.25, 0.3) is 0 Å². The Morgan fingerprint density at radius 1 is 1.61 bits per heavy atom. The lowest BCUT2D eigenvalue weighted by Gasteiger charge is -2.26. The molecule has 0 saturated carbocycles. The predicted molar refractivity (Wildman–Crippen MR) is 68.5 cm³/mol. The number of rotatable bonds is 7. The molecule has 0 fully saturated rings. The lowest BCUT2D eigenvalue weighted by atomic mass is 10.3. The highest BCUT2D eigenvalue weighted by Gasteiger charge is 2.30. The molecule has 0 bridgehead atoms. The van der Waals surface area contributed by atoms with E-state index in [1.807, 2.05) is 13.8 Å². The molecule has 1 aromatic rings. The Hall–Kier alpha value is -1.12. The second-order valence-electron chi connectivity index (χ2n) is 4.01. The Bertz CT molecular complexity index is 471. The van der Waals surface area contributed by atoms with Crippen molar-refractivity contribution in [1.29, 1.82) is 0 Å². The van der Waals surface area contributed by atoms with Crippen molar-refractivity contribution in [1.82, 2.24) is 14.5 Å². The molecular weight excluding hydrogens is 256 g/mol. The fourth-order valence-corrected chi connectivity index (χ4v) is 3.28. The van der Waals surface area contributed by atoms with Crippen LogP contribution in [0.5, 0.6) is 0 Å². The van der Waals surface area contributed by atoms with E-state index in [-0.39, 0.29) is 16.8 Å². The van der Waals surface area contributed by atoms with Crippen molar-refractivity contribution in [2.45, 2.75) is 31.2 Å². The lowest BCUT2D eigenvalue weighted by molar-refractivity contribution is 0.167. The fraction of sp³-hybridized carbons (Fsp3) is 0.700. The Kier molecular flexibility index (Phi) is 5.12. The Balaban J connectivity index is 3.07. The van der Waals surface area contributed by atoms with E-state index in [2.05, 4.69) is 10.2 Å². The minimum Gasteiger partial charge on any atom is -0.383 e. The summed E-state index contributed by atoms with van der Waals surface area (Å²) in [6.07, 6.45) is 1.94. The third kappa shape index (κ3) is 3.01. The molecule has 1 atom stereocenters. The van der Waals surface area contributed by atoms with Crippen LogP contribution in [0.1, 0.15) is 20.3 Å². The van der Waals surface area contributed by atoms with E-state index < -0.39 is 10.0 Å². The monoisotopic (exact) mass is 276 g/mol. The zero-order valence-corrected chi connectivity index (χ0v) is 11.7. The molecule has 18 heavy (non-hydrogen) atoms. The van der Waals surface area contributed by atoms with Gasteiger partial charge in [-0.05, 0) is 13.3 Å². The van der Waals surface area contributed by atoms with Crippen molar-refractivity contribution < 1.29 is 13.2 Å². The number of nitrogens with one attached hydrogen (secondary N) is 1. The third-order valence-electron chi connectivity index (χ3n) is 2.82. The molecule has 0 spiro atoms. The molecule has 3 N–H and O–H groups in total. The number of nitrogens with zero attached hydrogens (tertiary/aromatic N) is 2. The number of ether oxygens (including phenoxy) is 1. The van der Waals surface area contributed by atoms with Crippen molar-refractivity contribution in [3.63, 3.8) is 0 Å². The summed E-state index contributed by atoms with van der Waals surface area (Å²) >= 11 is 0. The molecule has 0 aromatic carbocycles. The van der Waals surface area contributed by atoms with Crippen molar-refractivity contribution in [3.8, 4) is 0 Å². The van der Waals surface area contributed by atoms with E-state index in [1.165, 1.54) is 17.6 Å². The van der Waals surface area contributed by atoms with Gasteiger partial charge in [-0.1, -0.05) is 6.92 Å². The number of nitrogen functional groups attached to an aromatic ring is 1. The fourth-order valence-electron chi connectivity index (χ4n) is 1.58. The number of nitrogens with two attached hydrogens (primary N) is 1. The van der Waals surface area contributed by atoms with Crippen LogP contribution in [-0.4, -0.2) is 49.2 Å². The molecule has 1 heterocycles. The van der Waals surface area contributed by atoms with Gasteiger partial charge in [-0.2, -0.15) is 9.40 Å². The molecule has 0 amide bonds. The van der Waals surface area contributed by atoms with Crippen molar-refractivity contribution in [3.05, 3.63) is 6.20 Å². The number of aromatic amines is 1. The van der Waals surface area contributed by atoms with Gasteiger partial charge in [0.05, 0.1) is 12.8 Å². The maximum absolute atomic E-state index is 12.5. The normalized spacial score (nSPS) is 14.0. The molecule has 1 unspecified atom stereocenters. The molecule has 0 radical (unpaired) electrons. The molecule has 0 aliphatic rings. The summed E-state index contributed by atoms with van der Waals surface area (Å²) in [6, 6.07) is -0.126. The van der Waals surface area contributed by atoms with Gasteiger partial charge in [-0.25, -0.2) is 8.42 Å². The molecule has 0 aliphatic heterocycles. The van der Waals surface area contributed by atoms with Crippen molar-refractivity contribution in [2.75, 3.05) is 26.0 Å². The second kappa shape index (κ2) is 6.17. The summed E-state index contributed by atoms with van der Waals surface area (Å²) in [7, 11) is -2.10. The first-order valence-corrected chi connectivity index (χ1v) is 7.18. The molecule has 0 aliphatic carbocycles. The van der Waals surface area contributed by atoms with Gasteiger partial charge >= 0.3 is 0 Å². The van der Waals surface area contributed by atoms with Crippen LogP contribution in [-0.2, 0) is 14.8 Å². The zero-order chi connectivity index (χ0) is 13.8. The quantitative estimate of drug-likeness (QED) is 0.752. The Labute approximate surface area is 107 Å². The minimum atomic E-state index is -3.64. The van der Waals surface area contributed by atoms with Crippen LogP contribution in [0.2, 0.25) is 0 Å². The van der Waals surface area contributed by atoms with Gasteiger partial charge in [-0.3, -0.25) is 5.10 Å². The maximum atomic E-state index is 12.5. The van der Waals surface area contributed by atoms with Crippen LogP contribution in [0.3, 0.4) is 0 Å². The molecule has 1 rings (SSSR count). The minimum absolute atomic E-state index is 0.0129. The van der Waals surface area contributed by atoms with Gasteiger partial charge in [0.15, 0.2) is 0 Å². The summed E-state index contributed by atoms with van der Waals surface area (Å²) in [6.45, 7) is 4.40. The molecule has 7 nitrogen and oxygen atoms in total. The number of anilines is 1. The average Bonchev–Trinajstić information content (AvgIpc) is 2.76. The van der Waals surface area contributed by atoms with Gasteiger partial charge in [0, 0.05) is 19.7 Å². The van der Waals surface area contributed by atoms with Gasteiger partial charge < -0.3 is 10.5 Å². The molecule has 1 aromatic heterocycles. The standard InChI is InChI=1S/C10H20N4O3S/c1-4-8(2)14(5-6-17-3)18(15,16)9-7-12-13-10(9)11/h7-8H,4-6H2,1-3H3,(H3,11,12,13). The van der Waals surface area contributed by atoms with E-state index in [0.717, 1.165) is 0 Å². The van der Waals surface area contributed by atoms with Crippen molar-refractivity contribution >= 4 is 15.8 Å². The number of hydrogen-bond donors (Lipinski definition) is 2. The highest BCUT2D eigenvalue weighted by molar-refractivity contribution is 7.89. The van der Waals surface area contributed by atoms with E-state index in [1.54, 1.807) is 0 Å². The van der Waals surface area contributed by atoms with Crippen molar-refractivity contribution in [2.24, 2.45) is 0 Å². The summed E-state index contributed by atoms with van der Waals surface area (Å²) in [5.74, 6) is 0.0562. The average molecular weight is 276 g/mol. The van der Waals surface area contributed by atoms with Crippen LogP contribution < -0.4 is 5.73 Å². The van der Waals surface area contributed by atoms with E-state index >= 15 is 0 Å². The number of H-pyrrole nitrogens is 1. The maximum Gasteiger partial charge on any atom is 0.248 e. The summed E-state index contributed by atoms with van der Waals surface area (Å²) in [5, 5.41) is 6.08. The number of sulfonamides is 1. The van der Waals surface area contributed by atoms with Crippen LogP contribution in [0.15, 0.2) is 11.1 Å². The van der Waals surface area contributed by atoms with Crippen LogP contribution >= 0.6 is 0 Å². The molecule has 8 heteroatoms. The first kappa shape index (κ1) is 14.9. The lowest BCUT2D eigenvalue weighted by Crippen LogP contribution is -2.40. The van der Waals surface area contributed by atoms with Crippen LogP contribution in [0.4, 0.5) is 5.82 Å². The van der Waals surface area contributed by atoms with E-state index in [4.69, 9.17) is 10.5 Å². The van der Waals surface area contributed by atoms with Gasteiger partial charge in [-0.15, -0.1) is 0 Å². The number of hydrogen-bond acceptors (Lipinski definition) is 5. The van der Waals surface area contributed by atoms with Gasteiger partial charge in [0.2, 0.25) is 10.0 Å². The highest BCUT2D eigenvalue weighted by atomic mass is 32.2. The Morgan fingerprint density at radius 3 is 2.72 bits per heavy atom. The number of methoxy groups -OCH3 is 1. The topological polar surface area (TPSA) is 101 Å². The summed E-state index contributed by atoms with van der Waals surface area (Å²) in [4.78, 5) is 0.0129. The highest BCUT2D eigenvalue weighted by Crippen LogP contribution is 2.22. The zero-order valence-electron chi connectivity index (χ0n) is 10.9. The first-order valence-electron chi connectivity index (χ1n) is 5.74. The first-order chi connectivity index (χ1) is 8.45. The Morgan fingerprint density at radius 2 is 2.28 bits per heavy atom. The summed E-state index contributed by atoms with van der Waals surface area (Å²) < 4.78 is 31.2. The number of aromatic nitrogens is 2. The SMILES string of the molecule is CCC(C)N(CCOC)S(=O)(=O)c1cn[nH]c1N. The van der Waals surface area contributed by atoms with Gasteiger partial charge in [0.25, 0.3) is 0 Å². The largest absolute Gasteiger partial charge is 0.383 e.